The van der Waals surface area contributed by atoms with Crippen molar-refractivity contribution in [1.82, 2.24) is 4.98 Å². The Labute approximate surface area is 112 Å². The number of pyridine rings is 1. The quantitative estimate of drug-likeness (QED) is 0.873. The van der Waals surface area contributed by atoms with Gasteiger partial charge in [-0.2, -0.15) is 0 Å². The lowest BCUT2D eigenvalue weighted by molar-refractivity contribution is 0.0696. The SMILES string of the molecule is O=C(O)c1ccc(CSc2cc(F)ccc2F)nc1. The van der Waals surface area contributed by atoms with Crippen molar-refractivity contribution in [3.05, 3.63) is 59.4 Å². The first-order valence-electron chi connectivity index (χ1n) is 5.32. The second-order valence-electron chi connectivity index (χ2n) is 3.71. The fourth-order valence-electron chi connectivity index (χ4n) is 1.38. The molecule has 1 heterocycles. The average molecular weight is 281 g/mol. The molecule has 0 radical (unpaired) electrons. The number of halogens is 2. The van der Waals surface area contributed by atoms with E-state index in [1.807, 2.05) is 0 Å². The fraction of sp³-hybridized carbons (Fsp3) is 0.0769. The maximum absolute atomic E-state index is 13.4. The highest BCUT2D eigenvalue weighted by molar-refractivity contribution is 7.98. The summed E-state index contributed by atoms with van der Waals surface area (Å²) in [6, 6.07) is 6.21. The molecule has 0 aliphatic heterocycles. The van der Waals surface area contributed by atoms with Crippen LogP contribution in [-0.2, 0) is 5.75 Å². The molecule has 0 saturated heterocycles. The Morgan fingerprint density at radius 3 is 2.68 bits per heavy atom. The topological polar surface area (TPSA) is 50.2 Å². The van der Waals surface area contributed by atoms with E-state index in [1.54, 1.807) is 6.07 Å². The molecule has 0 aliphatic rings. The first-order chi connectivity index (χ1) is 9.06. The zero-order valence-electron chi connectivity index (χ0n) is 9.64. The zero-order chi connectivity index (χ0) is 13.8. The van der Waals surface area contributed by atoms with Crippen LogP contribution in [0.25, 0.3) is 0 Å². The minimum Gasteiger partial charge on any atom is -0.478 e. The number of carbonyl (C=O) groups is 1. The molecule has 0 saturated carbocycles. The first kappa shape index (κ1) is 13.5. The molecular formula is C13H9F2NO2S. The highest BCUT2D eigenvalue weighted by atomic mass is 32.2. The smallest absolute Gasteiger partial charge is 0.337 e. The van der Waals surface area contributed by atoms with Crippen LogP contribution in [-0.4, -0.2) is 16.1 Å². The largest absolute Gasteiger partial charge is 0.478 e. The second kappa shape index (κ2) is 5.79. The Balaban J connectivity index is 2.06. The van der Waals surface area contributed by atoms with E-state index in [4.69, 9.17) is 5.11 Å². The van der Waals surface area contributed by atoms with Crippen LogP contribution in [0, 0.1) is 11.6 Å². The molecule has 0 fully saturated rings. The van der Waals surface area contributed by atoms with E-state index in [1.165, 1.54) is 12.3 Å². The molecule has 98 valence electrons. The number of rotatable bonds is 4. The summed E-state index contributed by atoms with van der Waals surface area (Å²) >= 11 is 1.10. The normalized spacial score (nSPS) is 10.4. The lowest BCUT2D eigenvalue weighted by Gasteiger charge is -2.03. The molecule has 1 aromatic carbocycles. The maximum atomic E-state index is 13.4. The Bertz CT molecular complexity index is 602. The molecule has 0 aliphatic carbocycles. The Hall–Kier alpha value is -1.95. The number of thioether (sulfide) groups is 1. The fourth-order valence-corrected chi connectivity index (χ4v) is 2.25. The van der Waals surface area contributed by atoms with E-state index in [9.17, 15) is 13.6 Å². The predicted octanol–water partition coefficient (Wildman–Crippen LogP) is 3.35. The van der Waals surface area contributed by atoms with E-state index in [-0.39, 0.29) is 10.5 Å². The summed E-state index contributed by atoms with van der Waals surface area (Å²) < 4.78 is 26.3. The summed E-state index contributed by atoms with van der Waals surface area (Å²) in [6.07, 6.45) is 1.24. The van der Waals surface area contributed by atoms with E-state index in [2.05, 4.69) is 4.98 Å². The number of hydrogen-bond donors (Lipinski definition) is 1. The molecular weight excluding hydrogens is 272 g/mol. The molecule has 3 nitrogen and oxygen atoms in total. The van der Waals surface area contributed by atoms with Gasteiger partial charge in [0.2, 0.25) is 0 Å². The third-order valence-corrected chi connectivity index (χ3v) is 3.40. The van der Waals surface area contributed by atoms with Crippen molar-refractivity contribution in [3.63, 3.8) is 0 Å². The van der Waals surface area contributed by atoms with E-state index < -0.39 is 17.6 Å². The number of carboxylic acids is 1. The van der Waals surface area contributed by atoms with Gasteiger partial charge in [0.15, 0.2) is 0 Å². The van der Waals surface area contributed by atoms with Gasteiger partial charge in [0, 0.05) is 16.8 Å². The maximum Gasteiger partial charge on any atom is 0.337 e. The van der Waals surface area contributed by atoms with E-state index >= 15 is 0 Å². The number of hydrogen-bond acceptors (Lipinski definition) is 3. The standard InChI is InChI=1S/C13H9F2NO2S/c14-9-2-4-11(15)12(5-9)19-7-10-3-1-8(6-16-10)13(17)18/h1-6H,7H2,(H,17,18). The van der Waals surface area contributed by atoms with Crippen molar-refractivity contribution in [2.75, 3.05) is 0 Å². The van der Waals surface area contributed by atoms with Gasteiger partial charge >= 0.3 is 5.97 Å². The van der Waals surface area contributed by atoms with Crippen molar-refractivity contribution in [1.29, 1.82) is 0 Å². The van der Waals surface area contributed by atoms with Crippen molar-refractivity contribution in [2.45, 2.75) is 10.6 Å². The zero-order valence-corrected chi connectivity index (χ0v) is 10.5. The van der Waals surface area contributed by atoms with Crippen LogP contribution in [0.4, 0.5) is 8.78 Å². The molecule has 0 atom stereocenters. The van der Waals surface area contributed by atoms with Crippen LogP contribution in [0.15, 0.2) is 41.4 Å². The van der Waals surface area contributed by atoms with Crippen molar-refractivity contribution < 1.29 is 18.7 Å². The molecule has 1 N–H and O–H groups in total. The van der Waals surface area contributed by atoms with Crippen LogP contribution < -0.4 is 0 Å². The lowest BCUT2D eigenvalue weighted by Crippen LogP contribution is -1.98. The highest BCUT2D eigenvalue weighted by Crippen LogP contribution is 2.25. The number of nitrogens with zero attached hydrogens (tertiary/aromatic N) is 1. The van der Waals surface area contributed by atoms with Gasteiger partial charge in [-0.1, -0.05) is 0 Å². The van der Waals surface area contributed by atoms with Crippen LogP contribution in [0.1, 0.15) is 16.1 Å². The van der Waals surface area contributed by atoms with Gasteiger partial charge in [-0.25, -0.2) is 13.6 Å². The minimum atomic E-state index is -1.05. The second-order valence-corrected chi connectivity index (χ2v) is 4.72. The summed E-state index contributed by atoms with van der Waals surface area (Å²) in [4.78, 5) is 14.8. The predicted molar refractivity (Wildman–Crippen MR) is 67.1 cm³/mol. The van der Waals surface area contributed by atoms with Crippen LogP contribution in [0.3, 0.4) is 0 Å². The van der Waals surface area contributed by atoms with Gasteiger partial charge in [0.1, 0.15) is 11.6 Å². The van der Waals surface area contributed by atoms with Crippen LogP contribution >= 0.6 is 11.8 Å². The molecule has 1 aromatic heterocycles. The van der Waals surface area contributed by atoms with Gasteiger partial charge in [-0.15, -0.1) is 11.8 Å². The monoisotopic (exact) mass is 281 g/mol. The van der Waals surface area contributed by atoms with Crippen molar-refractivity contribution in [2.24, 2.45) is 0 Å². The molecule has 19 heavy (non-hydrogen) atoms. The summed E-state index contributed by atoms with van der Waals surface area (Å²) in [6.45, 7) is 0. The van der Waals surface area contributed by atoms with Crippen molar-refractivity contribution >= 4 is 17.7 Å². The van der Waals surface area contributed by atoms with E-state index in [0.717, 1.165) is 30.0 Å². The molecule has 2 rings (SSSR count). The summed E-state index contributed by atoms with van der Waals surface area (Å²) in [5, 5.41) is 8.71. The number of aromatic nitrogens is 1. The molecule has 6 heteroatoms. The third kappa shape index (κ3) is 3.51. The first-order valence-corrected chi connectivity index (χ1v) is 6.31. The number of aromatic carboxylic acids is 1. The molecule has 0 amide bonds. The van der Waals surface area contributed by atoms with Gasteiger partial charge in [-0.05, 0) is 30.3 Å². The molecule has 0 spiro atoms. The minimum absolute atomic E-state index is 0.0886. The molecule has 0 bridgehead atoms. The molecule has 2 aromatic rings. The lowest BCUT2D eigenvalue weighted by atomic mass is 10.2. The van der Waals surface area contributed by atoms with Gasteiger partial charge < -0.3 is 5.11 Å². The number of carboxylic acid groups (broad SMARTS) is 1. The van der Waals surface area contributed by atoms with Crippen LogP contribution in [0.2, 0.25) is 0 Å². The van der Waals surface area contributed by atoms with Gasteiger partial charge in [-0.3, -0.25) is 4.98 Å². The molecule has 0 unspecified atom stereocenters. The summed E-state index contributed by atoms with van der Waals surface area (Å²) in [5.41, 5.74) is 0.685. The van der Waals surface area contributed by atoms with Gasteiger partial charge in [0.25, 0.3) is 0 Å². The highest BCUT2D eigenvalue weighted by Gasteiger charge is 2.07. The summed E-state index contributed by atoms with van der Waals surface area (Å²) in [7, 11) is 0. The van der Waals surface area contributed by atoms with Crippen molar-refractivity contribution in [3.8, 4) is 0 Å². The Morgan fingerprint density at radius 2 is 2.05 bits per heavy atom. The van der Waals surface area contributed by atoms with Gasteiger partial charge in [0.05, 0.1) is 11.3 Å². The average Bonchev–Trinajstić information content (AvgIpc) is 2.40. The van der Waals surface area contributed by atoms with Crippen LogP contribution in [0.5, 0.6) is 0 Å². The Kier molecular flexibility index (Phi) is 4.11. The van der Waals surface area contributed by atoms with E-state index in [0.29, 0.717) is 11.4 Å². The third-order valence-electron chi connectivity index (χ3n) is 2.34. The summed E-state index contributed by atoms with van der Waals surface area (Å²) in [5.74, 6) is -1.71. The Morgan fingerprint density at radius 1 is 1.26 bits per heavy atom. The number of benzene rings is 1.